The molecule has 2 aromatic heterocycles. The van der Waals surface area contributed by atoms with Crippen molar-refractivity contribution >= 4 is 11.8 Å². The molecule has 1 aromatic carbocycles. The highest BCUT2D eigenvalue weighted by molar-refractivity contribution is 7.98. The molecular weight excluding hydrogens is 284 g/mol. The van der Waals surface area contributed by atoms with E-state index in [0.29, 0.717) is 11.1 Å². The van der Waals surface area contributed by atoms with Gasteiger partial charge in [0.2, 0.25) is 5.16 Å². The molecule has 3 aromatic rings. The molecule has 6 nitrogen and oxygen atoms in total. The number of thioether (sulfide) groups is 1. The molecular formula is C14H16N6S. The predicted octanol–water partition coefficient (Wildman–Crippen LogP) is 2.09. The van der Waals surface area contributed by atoms with E-state index in [4.69, 9.17) is 5.84 Å². The maximum absolute atomic E-state index is 6.09. The zero-order valence-electron chi connectivity index (χ0n) is 11.9. The molecule has 0 aliphatic carbocycles. The first-order valence-electron chi connectivity index (χ1n) is 6.56. The molecule has 108 valence electrons. The third kappa shape index (κ3) is 2.78. The Morgan fingerprint density at radius 3 is 2.57 bits per heavy atom. The maximum Gasteiger partial charge on any atom is 0.271 e. The molecule has 0 fully saturated rings. The summed E-state index contributed by atoms with van der Waals surface area (Å²) in [6.45, 7) is 3.90. The van der Waals surface area contributed by atoms with Crippen LogP contribution in [0.5, 0.6) is 0 Å². The summed E-state index contributed by atoms with van der Waals surface area (Å²) in [6, 6.07) is 12.2. The lowest BCUT2D eigenvalue weighted by molar-refractivity contribution is 0.727. The normalized spacial score (nSPS) is 11.0. The number of hydrogen-bond donors (Lipinski definition) is 1. The molecule has 0 aliphatic rings. The van der Waals surface area contributed by atoms with E-state index >= 15 is 0 Å². The second-order valence-electron chi connectivity index (χ2n) is 4.77. The van der Waals surface area contributed by atoms with E-state index < -0.39 is 0 Å². The molecule has 0 spiro atoms. The van der Waals surface area contributed by atoms with E-state index in [2.05, 4.69) is 27.4 Å². The van der Waals surface area contributed by atoms with E-state index in [1.54, 1.807) is 16.4 Å². The van der Waals surface area contributed by atoms with Crippen LogP contribution in [0, 0.1) is 13.8 Å². The van der Waals surface area contributed by atoms with Crippen molar-refractivity contribution in [3.05, 3.63) is 53.3 Å². The molecule has 0 aliphatic heterocycles. The molecule has 0 atom stereocenters. The minimum absolute atomic E-state index is 0.524. The highest BCUT2D eigenvalue weighted by atomic mass is 32.2. The fraction of sp³-hybridized carbons (Fsp3) is 0.214. The topological polar surface area (TPSA) is 74.5 Å². The Morgan fingerprint density at radius 2 is 1.90 bits per heavy atom. The molecule has 0 bridgehead atoms. The molecule has 2 N–H and O–H groups in total. The van der Waals surface area contributed by atoms with Gasteiger partial charge in [-0.3, -0.25) is 0 Å². The Labute approximate surface area is 127 Å². The first kappa shape index (κ1) is 13.7. The molecule has 0 unspecified atom stereocenters. The molecule has 0 saturated carbocycles. The van der Waals surface area contributed by atoms with Crippen molar-refractivity contribution in [1.29, 1.82) is 0 Å². The molecule has 7 heteroatoms. The summed E-state index contributed by atoms with van der Waals surface area (Å²) in [7, 11) is 0. The maximum atomic E-state index is 6.09. The van der Waals surface area contributed by atoms with Gasteiger partial charge in [-0.05, 0) is 25.5 Å². The van der Waals surface area contributed by atoms with Crippen LogP contribution in [-0.2, 0) is 5.75 Å². The molecule has 0 saturated heterocycles. The highest BCUT2D eigenvalue weighted by Gasteiger charge is 2.14. The van der Waals surface area contributed by atoms with Crippen molar-refractivity contribution in [3.8, 4) is 5.95 Å². The number of nitrogens with two attached hydrogens (primary N) is 1. The first-order valence-corrected chi connectivity index (χ1v) is 7.54. The number of aromatic nitrogens is 5. The van der Waals surface area contributed by atoms with Gasteiger partial charge in [0.25, 0.3) is 5.95 Å². The van der Waals surface area contributed by atoms with Crippen LogP contribution in [0.25, 0.3) is 5.95 Å². The van der Waals surface area contributed by atoms with Gasteiger partial charge in [0.05, 0.1) is 5.69 Å². The fourth-order valence-electron chi connectivity index (χ4n) is 2.07. The second kappa shape index (κ2) is 5.61. The van der Waals surface area contributed by atoms with Gasteiger partial charge >= 0.3 is 0 Å². The number of aryl methyl sites for hydroxylation is 2. The summed E-state index contributed by atoms with van der Waals surface area (Å²) in [6.07, 6.45) is 0. The number of nitrogens with zero attached hydrogens (tertiary/aromatic N) is 5. The van der Waals surface area contributed by atoms with Crippen molar-refractivity contribution in [2.24, 2.45) is 0 Å². The lowest BCUT2D eigenvalue weighted by atomic mass is 10.2. The Bertz CT molecular complexity index is 746. The molecule has 0 radical (unpaired) electrons. The van der Waals surface area contributed by atoms with Gasteiger partial charge in [-0.25, -0.2) is 9.36 Å². The van der Waals surface area contributed by atoms with E-state index in [9.17, 15) is 0 Å². The van der Waals surface area contributed by atoms with Crippen molar-refractivity contribution < 1.29 is 0 Å². The number of rotatable bonds is 4. The number of benzene rings is 1. The minimum atomic E-state index is 0.524. The standard InChI is InChI=1S/C14H16N6S/c1-10-8-11(2)20(18-10)13-16-17-14(19(13)15)21-9-12-6-4-3-5-7-12/h3-8H,9,15H2,1-2H3. The van der Waals surface area contributed by atoms with Crippen LogP contribution >= 0.6 is 11.8 Å². The van der Waals surface area contributed by atoms with Gasteiger partial charge in [0.1, 0.15) is 0 Å². The zero-order valence-corrected chi connectivity index (χ0v) is 12.7. The Balaban J connectivity index is 1.81. The summed E-state index contributed by atoms with van der Waals surface area (Å²) in [5.41, 5.74) is 3.12. The zero-order chi connectivity index (χ0) is 14.8. The van der Waals surface area contributed by atoms with Crippen molar-refractivity contribution in [2.75, 3.05) is 5.84 Å². The van der Waals surface area contributed by atoms with E-state index in [1.165, 1.54) is 10.2 Å². The van der Waals surface area contributed by atoms with Gasteiger partial charge < -0.3 is 5.84 Å². The van der Waals surface area contributed by atoms with Crippen LogP contribution in [0.15, 0.2) is 41.6 Å². The number of hydrogen-bond acceptors (Lipinski definition) is 5. The number of nitrogen functional groups attached to an aromatic ring is 1. The Kier molecular flexibility index (Phi) is 3.66. The summed E-state index contributed by atoms with van der Waals surface area (Å²) in [4.78, 5) is 0. The van der Waals surface area contributed by atoms with Gasteiger partial charge in [-0.1, -0.05) is 42.1 Å². The van der Waals surface area contributed by atoms with Gasteiger partial charge in [-0.15, -0.1) is 10.2 Å². The summed E-state index contributed by atoms with van der Waals surface area (Å²) < 4.78 is 3.18. The third-order valence-electron chi connectivity index (χ3n) is 3.06. The Morgan fingerprint density at radius 1 is 1.14 bits per heavy atom. The monoisotopic (exact) mass is 300 g/mol. The quantitative estimate of drug-likeness (QED) is 0.590. The lowest BCUT2D eigenvalue weighted by Crippen LogP contribution is -2.17. The molecule has 3 rings (SSSR count). The highest BCUT2D eigenvalue weighted by Crippen LogP contribution is 2.21. The van der Waals surface area contributed by atoms with E-state index in [0.717, 1.165) is 17.1 Å². The van der Waals surface area contributed by atoms with Crippen LogP contribution in [0.4, 0.5) is 0 Å². The summed E-state index contributed by atoms with van der Waals surface area (Å²) in [5.74, 6) is 7.41. The molecule has 21 heavy (non-hydrogen) atoms. The van der Waals surface area contributed by atoms with Gasteiger partial charge in [0, 0.05) is 11.4 Å². The average molecular weight is 300 g/mol. The second-order valence-corrected chi connectivity index (χ2v) is 5.71. The van der Waals surface area contributed by atoms with Crippen LogP contribution in [0.3, 0.4) is 0 Å². The molecule has 2 heterocycles. The Hall–Kier alpha value is -2.28. The third-order valence-corrected chi connectivity index (χ3v) is 4.07. The van der Waals surface area contributed by atoms with Crippen molar-refractivity contribution in [3.63, 3.8) is 0 Å². The first-order chi connectivity index (χ1) is 10.1. The molecule has 0 amide bonds. The van der Waals surface area contributed by atoms with E-state index in [-0.39, 0.29) is 0 Å². The largest absolute Gasteiger partial charge is 0.334 e. The fourth-order valence-corrected chi connectivity index (χ4v) is 2.87. The van der Waals surface area contributed by atoms with Gasteiger partial charge in [0.15, 0.2) is 0 Å². The van der Waals surface area contributed by atoms with Crippen LogP contribution in [0.2, 0.25) is 0 Å². The minimum Gasteiger partial charge on any atom is -0.334 e. The summed E-state index contributed by atoms with van der Waals surface area (Å²) in [5, 5.41) is 13.3. The van der Waals surface area contributed by atoms with E-state index in [1.807, 2.05) is 38.1 Å². The lowest BCUT2D eigenvalue weighted by Gasteiger charge is -2.04. The van der Waals surface area contributed by atoms with Crippen molar-refractivity contribution in [2.45, 2.75) is 24.8 Å². The smallest absolute Gasteiger partial charge is 0.271 e. The van der Waals surface area contributed by atoms with Crippen LogP contribution < -0.4 is 5.84 Å². The summed E-state index contributed by atoms with van der Waals surface area (Å²) >= 11 is 1.55. The average Bonchev–Trinajstić information content (AvgIpc) is 3.00. The SMILES string of the molecule is Cc1cc(C)n(-c2nnc(SCc3ccccc3)n2N)n1. The van der Waals surface area contributed by atoms with Gasteiger partial charge in [-0.2, -0.15) is 5.10 Å². The van der Waals surface area contributed by atoms with Crippen LogP contribution in [-0.4, -0.2) is 24.7 Å². The predicted molar refractivity (Wildman–Crippen MR) is 82.8 cm³/mol. The van der Waals surface area contributed by atoms with Crippen molar-refractivity contribution in [1.82, 2.24) is 24.7 Å². The van der Waals surface area contributed by atoms with Crippen LogP contribution in [0.1, 0.15) is 17.0 Å².